The van der Waals surface area contributed by atoms with E-state index in [0.717, 1.165) is 12.1 Å². The Labute approximate surface area is 141 Å². The number of hydrogen-bond donors (Lipinski definition) is 4. The number of aromatic hydroxyl groups is 1. The number of amides is 1. The van der Waals surface area contributed by atoms with Crippen molar-refractivity contribution < 1.29 is 9.90 Å². The fourth-order valence-electron chi connectivity index (χ4n) is 2.12. The van der Waals surface area contributed by atoms with Crippen LogP contribution >= 0.6 is 0 Å². The number of guanidine groups is 1. The summed E-state index contributed by atoms with van der Waals surface area (Å²) in [4.78, 5) is 16.1. The van der Waals surface area contributed by atoms with Crippen LogP contribution in [0.15, 0.2) is 53.5 Å². The number of phenols is 1. The second-order valence-corrected chi connectivity index (χ2v) is 5.25. The second kappa shape index (κ2) is 8.57. The van der Waals surface area contributed by atoms with Crippen molar-refractivity contribution >= 4 is 17.6 Å². The number of nitrogens with zero attached hydrogens (tertiary/aromatic N) is 1. The molecule has 0 aliphatic rings. The molecule has 0 unspecified atom stereocenters. The van der Waals surface area contributed by atoms with Crippen molar-refractivity contribution in [3.8, 4) is 5.75 Å². The number of carbonyl (C=O) groups is 1. The van der Waals surface area contributed by atoms with E-state index in [4.69, 9.17) is 5.73 Å². The standard InChI is InChI=1S/C18H22N4O2/c1-2-13-4-3-5-15(12-13)22-18(19)21-11-10-20-17(24)14-6-8-16(23)9-7-14/h3-9,12,23H,2,10-11H2,1H3,(H,20,24)(H3,19,21,22). The van der Waals surface area contributed by atoms with E-state index in [-0.39, 0.29) is 11.7 Å². The Kier molecular flexibility index (Phi) is 6.19. The highest BCUT2D eigenvalue weighted by atomic mass is 16.3. The van der Waals surface area contributed by atoms with Gasteiger partial charge >= 0.3 is 0 Å². The average molecular weight is 326 g/mol. The van der Waals surface area contributed by atoms with Gasteiger partial charge in [0.2, 0.25) is 0 Å². The maximum atomic E-state index is 11.9. The van der Waals surface area contributed by atoms with Gasteiger partial charge in [-0.2, -0.15) is 0 Å². The van der Waals surface area contributed by atoms with E-state index in [9.17, 15) is 9.90 Å². The third kappa shape index (κ3) is 5.31. The fraction of sp³-hybridized carbons (Fsp3) is 0.222. The molecular formula is C18H22N4O2. The van der Waals surface area contributed by atoms with Crippen molar-refractivity contribution in [2.75, 3.05) is 18.4 Å². The minimum atomic E-state index is -0.215. The zero-order valence-electron chi connectivity index (χ0n) is 13.6. The topological polar surface area (TPSA) is 99.7 Å². The van der Waals surface area contributed by atoms with Crippen LogP contribution < -0.4 is 16.4 Å². The third-order valence-corrected chi connectivity index (χ3v) is 3.42. The Morgan fingerprint density at radius 2 is 1.96 bits per heavy atom. The lowest BCUT2D eigenvalue weighted by molar-refractivity contribution is 0.0955. The monoisotopic (exact) mass is 326 g/mol. The summed E-state index contributed by atoms with van der Waals surface area (Å²) < 4.78 is 0. The molecule has 0 bridgehead atoms. The minimum Gasteiger partial charge on any atom is -0.508 e. The molecule has 0 saturated carbocycles. The second-order valence-electron chi connectivity index (χ2n) is 5.25. The van der Waals surface area contributed by atoms with E-state index in [1.165, 1.54) is 17.7 Å². The maximum Gasteiger partial charge on any atom is 0.251 e. The number of benzene rings is 2. The highest BCUT2D eigenvalue weighted by Crippen LogP contribution is 2.11. The molecule has 0 spiro atoms. The van der Waals surface area contributed by atoms with E-state index >= 15 is 0 Å². The number of nitrogens with one attached hydrogen (secondary N) is 2. The van der Waals surface area contributed by atoms with E-state index in [1.807, 2.05) is 18.2 Å². The molecule has 0 aromatic heterocycles. The van der Waals surface area contributed by atoms with Gasteiger partial charge in [-0.05, 0) is 48.4 Å². The number of rotatable bonds is 6. The molecule has 0 atom stereocenters. The first kappa shape index (κ1) is 17.3. The predicted molar refractivity (Wildman–Crippen MR) is 96.4 cm³/mol. The highest BCUT2D eigenvalue weighted by Gasteiger charge is 2.04. The largest absolute Gasteiger partial charge is 0.508 e. The van der Waals surface area contributed by atoms with E-state index in [1.54, 1.807) is 12.1 Å². The predicted octanol–water partition coefficient (Wildman–Crippen LogP) is 2.11. The Morgan fingerprint density at radius 3 is 2.67 bits per heavy atom. The summed E-state index contributed by atoms with van der Waals surface area (Å²) in [5, 5.41) is 15.0. The van der Waals surface area contributed by atoms with Crippen LogP contribution in [0.5, 0.6) is 5.75 Å². The molecule has 0 aliphatic carbocycles. The van der Waals surface area contributed by atoms with Gasteiger partial charge in [0.05, 0.1) is 6.54 Å². The summed E-state index contributed by atoms with van der Waals surface area (Å²) in [7, 11) is 0. The average Bonchev–Trinajstić information content (AvgIpc) is 2.59. The van der Waals surface area contributed by atoms with Gasteiger partial charge in [0.1, 0.15) is 5.75 Å². The molecule has 0 aliphatic heterocycles. The molecule has 0 saturated heterocycles. The zero-order valence-corrected chi connectivity index (χ0v) is 13.6. The van der Waals surface area contributed by atoms with Gasteiger partial charge in [0.15, 0.2) is 5.96 Å². The lowest BCUT2D eigenvalue weighted by atomic mass is 10.1. The fourth-order valence-corrected chi connectivity index (χ4v) is 2.12. The molecule has 0 radical (unpaired) electrons. The first-order chi connectivity index (χ1) is 11.6. The van der Waals surface area contributed by atoms with Gasteiger partial charge in [-0.1, -0.05) is 19.1 Å². The quantitative estimate of drug-likeness (QED) is 0.371. The van der Waals surface area contributed by atoms with Gasteiger partial charge in [0, 0.05) is 17.8 Å². The van der Waals surface area contributed by atoms with E-state index in [0.29, 0.717) is 24.6 Å². The van der Waals surface area contributed by atoms with Crippen molar-refractivity contribution in [1.29, 1.82) is 0 Å². The molecule has 0 fully saturated rings. The van der Waals surface area contributed by atoms with Crippen LogP contribution in [-0.2, 0) is 6.42 Å². The third-order valence-electron chi connectivity index (χ3n) is 3.42. The Bertz CT molecular complexity index is 711. The maximum absolute atomic E-state index is 11.9. The first-order valence-corrected chi connectivity index (χ1v) is 7.81. The van der Waals surface area contributed by atoms with Crippen LogP contribution in [0, 0.1) is 0 Å². The molecule has 6 heteroatoms. The lowest BCUT2D eigenvalue weighted by Crippen LogP contribution is -2.28. The van der Waals surface area contributed by atoms with Crippen molar-refractivity contribution in [3.05, 3.63) is 59.7 Å². The molecule has 2 aromatic rings. The summed E-state index contributed by atoms with van der Waals surface area (Å²) in [6.45, 7) is 2.83. The number of anilines is 1. The van der Waals surface area contributed by atoms with E-state index in [2.05, 4.69) is 28.6 Å². The normalized spacial score (nSPS) is 11.1. The molecule has 0 heterocycles. The Morgan fingerprint density at radius 1 is 1.21 bits per heavy atom. The zero-order chi connectivity index (χ0) is 17.4. The molecule has 24 heavy (non-hydrogen) atoms. The van der Waals surface area contributed by atoms with Crippen molar-refractivity contribution in [1.82, 2.24) is 5.32 Å². The van der Waals surface area contributed by atoms with Crippen LogP contribution in [0.1, 0.15) is 22.8 Å². The van der Waals surface area contributed by atoms with Crippen LogP contribution in [0.4, 0.5) is 5.69 Å². The molecule has 1 amide bonds. The number of aryl methyl sites for hydroxylation is 1. The van der Waals surface area contributed by atoms with Gasteiger partial charge < -0.3 is 21.5 Å². The van der Waals surface area contributed by atoms with Gasteiger partial charge in [-0.25, -0.2) is 0 Å². The highest BCUT2D eigenvalue weighted by molar-refractivity contribution is 5.94. The summed E-state index contributed by atoms with van der Waals surface area (Å²) in [6, 6.07) is 14.0. The molecular weight excluding hydrogens is 304 g/mol. The number of phenolic OH excluding ortho intramolecular Hbond substituents is 1. The van der Waals surface area contributed by atoms with Crippen molar-refractivity contribution in [2.45, 2.75) is 13.3 Å². The summed E-state index contributed by atoms with van der Waals surface area (Å²) in [6.07, 6.45) is 0.954. The first-order valence-electron chi connectivity index (χ1n) is 7.81. The molecule has 2 rings (SSSR count). The Balaban J connectivity index is 1.78. The summed E-state index contributed by atoms with van der Waals surface area (Å²) in [5.41, 5.74) is 8.43. The summed E-state index contributed by atoms with van der Waals surface area (Å²) >= 11 is 0. The van der Waals surface area contributed by atoms with Gasteiger partial charge in [0.25, 0.3) is 5.91 Å². The van der Waals surface area contributed by atoms with Crippen LogP contribution in [-0.4, -0.2) is 30.1 Å². The molecule has 6 nitrogen and oxygen atoms in total. The number of nitrogens with two attached hydrogens (primary N) is 1. The van der Waals surface area contributed by atoms with E-state index < -0.39 is 0 Å². The van der Waals surface area contributed by atoms with Crippen LogP contribution in [0.3, 0.4) is 0 Å². The Hall–Kier alpha value is -3.02. The smallest absolute Gasteiger partial charge is 0.251 e. The minimum absolute atomic E-state index is 0.127. The number of carbonyl (C=O) groups excluding carboxylic acids is 1. The SMILES string of the molecule is CCc1cccc(NC(N)=NCCNC(=O)c2ccc(O)cc2)c1. The number of hydrogen-bond acceptors (Lipinski definition) is 3. The summed E-state index contributed by atoms with van der Waals surface area (Å²) in [5.74, 6) is 0.219. The van der Waals surface area contributed by atoms with Crippen LogP contribution in [0.25, 0.3) is 0 Å². The lowest BCUT2D eigenvalue weighted by Gasteiger charge is -2.07. The molecule has 2 aromatic carbocycles. The van der Waals surface area contributed by atoms with Gasteiger partial charge in [-0.3, -0.25) is 9.79 Å². The molecule has 5 N–H and O–H groups in total. The van der Waals surface area contributed by atoms with Crippen molar-refractivity contribution in [2.24, 2.45) is 10.7 Å². The van der Waals surface area contributed by atoms with Gasteiger partial charge in [-0.15, -0.1) is 0 Å². The van der Waals surface area contributed by atoms with Crippen molar-refractivity contribution in [3.63, 3.8) is 0 Å². The number of aliphatic imine (C=N–C) groups is 1. The van der Waals surface area contributed by atoms with Crippen LogP contribution in [0.2, 0.25) is 0 Å². The molecule has 126 valence electrons.